The molecule has 0 amide bonds. The summed E-state index contributed by atoms with van der Waals surface area (Å²) in [6.07, 6.45) is 0. The fraction of sp³-hybridized carbons (Fsp3) is 0.364. The van der Waals surface area contributed by atoms with Crippen molar-refractivity contribution >= 4 is 23.3 Å². The highest BCUT2D eigenvalue weighted by molar-refractivity contribution is 8.00. The van der Waals surface area contributed by atoms with Crippen LogP contribution < -0.4 is 11.1 Å². The quantitative estimate of drug-likeness (QED) is 0.799. The van der Waals surface area contributed by atoms with Crippen molar-refractivity contribution in [3.05, 3.63) is 29.8 Å². The van der Waals surface area contributed by atoms with Crippen molar-refractivity contribution in [2.75, 3.05) is 23.4 Å². The molecular weight excluding hydrogens is 206 g/mol. The summed E-state index contributed by atoms with van der Waals surface area (Å²) in [7, 11) is 0. The number of anilines is 1. The van der Waals surface area contributed by atoms with E-state index in [2.05, 4.69) is 16.4 Å². The maximum absolute atomic E-state index is 5.59. The molecule has 1 aliphatic rings. The summed E-state index contributed by atoms with van der Waals surface area (Å²) in [5, 5.41) is 3.33. The standard InChI is InChI=1S/C11H15N3S/c12-7-9-2-1-3-10(6-9)14-11-8-15-5-4-13-11/h1-3,6H,4-5,7-8,12H2,(H,13,14). The van der Waals surface area contributed by atoms with E-state index in [4.69, 9.17) is 5.73 Å². The highest BCUT2D eigenvalue weighted by Gasteiger charge is 2.05. The van der Waals surface area contributed by atoms with Crippen LogP contribution in [-0.2, 0) is 6.54 Å². The van der Waals surface area contributed by atoms with E-state index in [1.165, 1.54) is 0 Å². The Morgan fingerprint density at radius 3 is 3.13 bits per heavy atom. The molecule has 2 rings (SSSR count). The molecular formula is C11H15N3S. The van der Waals surface area contributed by atoms with Gasteiger partial charge in [0.05, 0.1) is 12.3 Å². The maximum atomic E-state index is 5.59. The van der Waals surface area contributed by atoms with Gasteiger partial charge in [0.2, 0.25) is 0 Å². The Morgan fingerprint density at radius 1 is 1.47 bits per heavy atom. The van der Waals surface area contributed by atoms with Crippen LogP contribution in [0.3, 0.4) is 0 Å². The average molecular weight is 221 g/mol. The lowest BCUT2D eigenvalue weighted by Gasteiger charge is -2.14. The van der Waals surface area contributed by atoms with E-state index in [-0.39, 0.29) is 0 Å². The van der Waals surface area contributed by atoms with Gasteiger partial charge in [-0.3, -0.25) is 4.99 Å². The fourth-order valence-corrected chi connectivity index (χ4v) is 2.20. The van der Waals surface area contributed by atoms with E-state index in [9.17, 15) is 0 Å². The van der Waals surface area contributed by atoms with Crippen molar-refractivity contribution < 1.29 is 0 Å². The first-order chi connectivity index (χ1) is 7.38. The van der Waals surface area contributed by atoms with Crippen LogP contribution in [0.1, 0.15) is 5.56 Å². The molecule has 1 aromatic carbocycles. The number of rotatable bonds is 2. The molecule has 0 spiro atoms. The topological polar surface area (TPSA) is 50.4 Å². The minimum absolute atomic E-state index is 0.580. The third kappa shape index (κ3) is 2.97. The normalized spacial score (nSPS) is 15.9. The first-order valence-corrected chi connectivity index (χ1v) is 6.21. The SMILES string of the molecule is NCc1cccc(NC2=NCCSC2)c1. The third-order valence-corrected chi connectivity index (χ3v) is 3.18. The van der Waals surface area contributed by atoms with Gasteiger partial charge in [0, 0.05) is 18.0 Å². The first-order valence-electron chi connectivity index (χ1n) is 5.05. The highest BCUT2D eigenvalue weighted by atomic mass is 32.2. The molecule has 80 valence electrons. The molecule has 0 aromatic heterocycles. The Hall–Kier alpha value is -1.00. The lowest BCUT2D eigenvalue weighted by Crippen LogP contribution is -2.19. The van der Waals surface area contributed by atoms with E-state index >= 15 is 0 Å². The summed E-state index contributed by atoms with van der Waals surface area (Å²) in [4.78, 5) is 4.43. The number of nitrogens with two attached hydrogens (primary N) is 1. The van der Waals surface area contributed by atoms with E-state index in [1.807, 2.05) is 30.0 Å². The lowest BCUT2D eigenvalue weighted by atomic mass is 10.2. The molecule has 0 saturated carbocycles. The molecule has 1 heterocycles. The molecule has 0 unspecified atom stereocenters. The predicted octanol–water partition coefficient (Wildman–Crippen LogP) is 1.70. The first kappa shape index (κ1) is 10.5. The Bertz CT molecular complexity index is 363. The Balaban J connectivity index is 2.06. The molecule has 3 N–H and O–H groups in total. The number of amidine groups is 1. The lowest BCUT2D eigenvalue weighted by molar-refractivity contribution is 1.07. The van der Waals surface area contributed by atoms with E-state index in [1.54, 1.807) is 0 Å². The van der Waals surface area contributed by atoms with Gasteiger partial charge in [-0.2, -0.15) is 11.8 Å². The molecule has 3 nitrogen and oxygen atoms in total. The van der Waals surface area contributed by atoms with Crippen LogP contribution in [0, 0.1) is 0 Å². The molecule has 15 heavy (non-hydrogen) atoms. The van der Waals surface area contributed by atoms with Crippen LogP contribution in [-0.4, -0.2) is 23.9 Å². The summed E-state index contributed by atoms with van der Waals surface area (Å²) in [5.74, 6) is 3.18. The Morgan fingerprint density at radius 2 is 2.40 bits per heavy atom. The molecule has 0 aliphatic carbocycles. The van der Waals surface area contributed by atoms with Gasteiger partial charge in [0.15, 0.2) is 0 Å². The second-order valence-corrected chi connectivity index (χ2v) is 4.52. The van der Waals surface area contributed by atoms with Crippen LogP contribution >= 0.6 is 11.8 Å². The molecule has 1 aromatic rings. The van der Waals surface area contributed by atoms with Crippen LogP contribution in [0.25, 0.3) is 0 Å². The molecule has 0 atom stereocenters. The number of hydrogen-bond donors (Lipinski definition) is 2. The number of nitrogens with one attached hydrogen (secondary N) is 1. The van der Waals surface area contributed by atoms with E-state index < -0.39 is 0 Å². The number of thioether (sulfide) groups is 1. The minimum atomic E-state index is 0.580. The zero-order valence-electron chi connectivity index (χ0n) is 8.57. The fourth-order valence-electron chi connectivity index (χ4n) is 1.48. The summed E-state index contributed by atoms with van der Waals surface area (Å²) in [6.45, 7) is 1.50. The number of benzene rings is 1. The van der Waals surface area contributed by atoms with Crippen LogP contribution in [0.2, 0.25) is 0 Å². The third-order valence-electron chi connectivity index (χ3n) is 2.23. The molecule has 0 bridgehead atoms. The zero-order valence-corrected chi connectivity index (χ0v) is 9.39. The van der Waals surface area contributed by atoms with Gasteiger partial charge in [-0.25, -0.2) is 0 Å². The molecule has 0 saturated heterocycles. The summed E-state index contributed by atoms with van der Waals surface area (Å²) in [6, 6.07) is 8.16. The molecule has 1 aliphatic heterocycles. The van der Waals surface area contributed by atoms with Crippen molar-refractivity contribution in [3.8, 4) is 0 Å². The summed E-state index contributed by atoms with van der Waals surface area (Å²) >= 11 is 1.91. The maximum Gasteiger partial charge on any atom is 0.111 e. The minimum Gasteiger partial charge on any atom is -0.343 e. The molecule has 0 fully saturated rings. The monoisotopic (exact) mass is 221 g/mol. The Labute approximate surface area is 94.2 Å². The van der Waals surface area contributed by atoms with Gasteiger partial charge in [0.25, 0.3) is 0 Å². The van der Waals surface area contributed by atoms with Crippen LogP contribution in [0.15, 0.2) is 29.3 Å². The predicted molar refractivity (Wildman–Crippen MR) is 67.6 cm³/mol. The summed E-state index contributed by atoms with van der Waals surface area (Å²) < 4.78 is 0. The highest BCUT2D eigenvalue weighted by Crippen LogP contribution is 2.13. The number of aliphatic imine (C=N–C) groups is 1. The number of nitrogens with zero attached hydrogens (tertiary/aromatic N) is 1. The van der Waals surface area contributed by atoms with Crippen LogP contribution in [0.5, 0.6) is 0 Å². The van der Waals surface area contributed by atoms with Gasteiger partial charge in [-0.1, -0.05) is 12.1 Å². The van der Waals surface area contributed by atoms with E-state index in [0.717, 1.165) is 35.1 Å². The molecule has 4 heteroatoms. The van der Waals surface area contributed by atoms with Crippen LogP contribution in [0.4, 0.5) is 5.69 Å². The van der Waals surface area contributed by atoms with Crippen molar-refractivity contribution in [3.63, 3.8) is 0 Å². The zero-order chi connectivity index (χ0) is 10.5. The smallest absolute Gasteiger partial charge is 0.111 e. The largest absolute Gasteiger partial charge is 0.343 e. The second kappa shape index (κ2) is 5.19. The van der Waals surface area contributed by atoms with E-state index in [0.29, 0.717) is 6.54 Å². The van der Waals surface area contributed by atoms with Gasteiger partial charge >= 0.3 is 0 Å². The Kier molecular flexibility index (Phi) is 3.64. The van der Waals surface area contributed by atoms with Crippen molar-refractivity contribution in [2.24, 2.45) is 10.7 Å². The van der Waals surface area contributed by atoms with Crippen molar-refractivity contribution in [2.45, 2.75) is 6.54 Å². The number of hydrogen-bond acceptors (Lipinski definition) is 4. The molecule has 0 radical (unpaired) electrons. The van der Waals surface area contributed by atoms with Gasteiger partial charge in [-0.05, 0) is 17.7 Å². The van der Waals surface area contributed by atoms with Crippen molar-refractivity contribution in [1.82, 2.24) is 0 Å². The van der Waals surface area contributed by atoms with Crippen molar-refractivity contribution in [1.29, 1.82) is 0 Å². The van der Waals surface area contributed by atoms with Gasteiger partial charge in [-0.15, -0.1) is 0 Å². The summed E-state index contributed by atoms with van der Waals surface area (Å²) in [5.41, 5.74) is 7.81. The van der Waals surface area contributed by atoms with Gasteiger partial charge < -0.3 is 11.1 Å². The van der Waals surface area contributed by atoms with Gasteiger partial charge in [0.1, 0.15) is 5.84 Å². The average Bonchev–Trinajstić information content (AvgIpc) is 2.31. The second-order valence-electron chi connectivity index (χ2n) is 3.41.